The molecule has 1 aromatic carbocycles. The highest BCUT2D eigenvalue weighted by Gasteiger charge is 2.20. The van der Waals surface area contributed by atoms with Gasteiger partial charge in [-0.1, -0.05) is 0 Å². The quantitative estimate of drug-likeness (QED) is 0.802. The van der Waals surface area contributed by atoms with Gasteiger partial charge in [-0.2, -0.15) is 0 Å². The lowest BCUT2D eigenvalue weighted by Gasteiger charge is -2.26. The van der Waals surface area contributed by atoms with E-state index in [2.05, 4.69) is 15.4 Å². The van der Waals surface area contributed by atoms with Crippen LogP contribution >= 0.6 is 0 Å². The zero-order valence-corrected chi connectivity index (χ0v) is 10.5. The average molecular weight is 266 g/mol. The van der Waals surface area contributed by atoms with Crippen molar-refractivity contribution in [3.05, 3.63) is 29.6 Å². The molecule has 0 aromatic heterocycles. The van der Waals surface area contributed by atoms with Crippen LogP contribution in [0.25, 0.3) is 0 Å². The third-order valence-electron chi connectivity index (χ3n) is 3.00. The van der Waals surface area contributed by atoms with Gasteiger partial charge in [0.15, 0.2) is 0 Å². The summed E-state index contributed by atoms with van der Waals surface area (Å²) in [6.45, 7) is 1.68. The second-order valence-electron chi connectivity index (χ2n) is 4.46. The fourth-order valence-corrected chi connectivity index (χ4v) is 1.84. The second-order valence-corrected chi connectivity index (χ2v) is 4.46. The highest BCUT2D eigenvalue weighted by molar-refractivity contribution is 5.94. The van der Waals surface area contributed by atoms with Crippen molar-refractivity contribution in [3.8, 4) is 0 Å². The van der Waals surface area contributed by atoms with E-state index in [1.54, 1.807) is 0 Å². The number of methoxy groups -OCH3 is 1. The summed E-state index contributed by atoms with van der Waals surface area (Å²) < 4.78 is 17.9. The van der Waals surface area contributed by atoms with Crippen molar-refractivity contribution in [2.45, 2.75) is 6.42 Å². The Morgan fingerprint density at radius 2 is 2.21 bits per heavy atom. The molecule has 102 valence electrons. The van der Waals surface area contributed by atoms with Gasteiger partial charge in [0.1, 0.15) is 5.82 Å². The first-order chi connectivity index (χ1) is 9.10. The molecule has 1 saturated heterocycles. The number of hydrogen-bond donors (Lipinski definition) is 2. The molecule has 0 radical (unpaired) electrons. The minimum atomic E-state index is -0.767. The smallest absolute Gasteiger partial charge is 0.340 e. The summed E-state index contributed by atoms with van der Waals surface area (Å²) in [4.78, 5) is 23.0. The van der Waals surface area contributed by atoms with Crippen LogP contribution in [0, 0.1) is 11.7 Å². The number of halogens is 1. The molecule has 0 atom stereocenters. The Kier molecular flexibility index (Phi) is 4.11. The lowest BCUT2D eigenvalue weighted by molar-refractivity contribution is -0.117. The molecule has 0 unspecified atom stereocenters. The molecule has 6 heteroatoms. The summed E-state index contributed by atoms with van der Waals surface area (Å²) in [5.74, 6) is -1.24. The van der Waals surface area contributed by atoms with Gasteiger partial charge in [-0.25, -0.2) is 9.18 Å². The van der Waals surface area contributed by atoms with Crippen LogP contribution in [0.15, 0.2) is 18.2 Å². The van der Waals surface area contributed by atoms with E-state index >= 15 is 0 Å². The Morgan fingerprint density at radius 1 is 1.47 bits per heavy atom. The molecule has 0 spiro atoms. The lowest BCUT2D eigenvalue weighted by Crippen LogP contribution is -2.43. The first kappa shape index (κ1) is 13.5. The molecular formula is C13H15FN2O3. The normalized spacial score (nSPS) is 14.6. The third kappa shape index (κ3) is 3.29. The van der Waals surface area contributed by atoms with Gasteiger partial charge in [0, 0.05) is 12.1 Å². The van der Waals surface area contributed by atoms with Crippen molar-refractivity contribution >= 4 is 17.6 Å². The Labute approximate surface area is 110 Å². The highest BCUT2D eigenvalue weighted by atomic mass is 19.1. The summed E-state index contributed by atoms with van der Waals surface area (Å²) in [5.41, 5.74) is 0.199. The Morgan fingerprint density at radius 3 is 2.79 bits per heavy atom. The number of carbonyl (C=O) groups is 2. The van der Waals surface area contributed by atoms with E-state index in [1.165, 1.54) is 19.2 Å². The number of ether oxygens (including phenoxy) is 1. The Bertz CT molecular complexity index is 501. The van der Waals surface area contributed by atoms with E-state index in [4.69, 9.17) is 0 Å². The highest BCUT2D eigenvalue weighted by Crippen LogP contribution is 2.17. The Hall–Kier alpha value is -1.95. The zero-order chi connectivity index (χ0) is 13.8. The van der Waals surface area contributed by atoms with E-state index in [0.29, 0.717) is 18.0 Å². The summed E-state index contributed by atoms with van der Waals surface area (Å²) >= 11 is 0. The van der Waals surface area contributed by atoms with Crippen LogP contribution in [0.2, 0.25) is 0 Å². The first-order valence-corrected chi connectivity index (χ1v) is 5.98. The van der Waals surface area contributed by atoms with E-state index in [0.717, 1.165) is 19.2 Å². The van der Waals surface area contributed by atoms with Crippen LogP contribution in [0.3, 0.4) is 0 Å². The monoisotopic (exact) mass is 266 g/mol. The summed E-state index contributed by atoms with van der Waals surface area (Å²) in [7, 11) is 1.18. The molecule has 1 heterocycles. The average Bonchev–Trinajstić information content (AvgIpc) is 2.35. The molecule has 1 fully saturated rings. The fourth-order valence-electron chi connectivity index (χ4n) is 1.84. The van der Waals surface area contributed by atoms with Gasteiger partial charge < -0.3 is 15.4 Å². The van der Waals surface area contributed by atoms with Crippen LogP contribution in [0.4, 0.5) is 10.1 Å². The van der Waals surface area contributed by atoms with Gasteiger partial charge in [0.25, 0.3) is 0 Å². The van der Waals surface area contributed by atoms with Gasteiger partial charge >= 0.3 is 5.97 Å². The fraction of sp³-hybridized carbons (Fsp3) is 0.385. The van der Waals surface area contributed by atoms with E-state index in [1.807, 2.05) is 0 Å². The number of anilines is 1. The van der Waals surface area contributed by atoms with Crippen molar-refractivity contribution < 1.29 is 18.7 Å². The topological polar surface area (TPSA) is 67.4 Å². The van der Waals surface area contributed by atoms with Gasteiger partial charge in [-0.15, -0.1) is 0 Å². The van der Waals surface area contributed by atoms with Crippen molar-refractivity contribution in [1.29, 1.82) is 0 Å². The predicted molar refractivity (Wildman–Crippen MR) is 67.3 cm³/mol. The van der Waals surface area contributed by atoms with E-state index in [-0.39, 0.29) is 11.5 Å². The molecule has 2 rings (SSSR count). The molecule has 19 heavy (non-hydrogen) atoms. The maximum absolute atomic E-state index is 13.4. The minimum Gasteiger partial charge on any atom is -0.465 e. The van der Waals surface area contributed by atoms with E-state index in [9.17, 15) is 14.0 Å². The van der Waals surface area contributed by atoms with Crippen molar-refractivity contribution in [2.75, 3.05) is 25.5 Å². The molecular weight excluding hydrogens is 251 g/mol. The van der Waals surface area contributed by atoms with E-state index < -0.39 is 11.8 Å². The van der Waals surface area contributed by atoms with Crippen molar-refractivity contribution in [2.24, 2.45) is 5.92 Å². The zero-order valence-electron chi connectivity index (χ0n) is 10.5. The van der Waals surface area contributed by atoms with Crippen molar-refractivity contribution in [1.82, 2.24) is 5.32 Å². The van der Waals surface area contributed by atoms with Crippen LogP contribution in [0.1, 0.15) is 16.8 Å². The number of amides is 1. The largest absolute Gasteiger partial charge is 0.465 e. The molecule has 1 aromatic rings. The van der Waals surface area contributed by atoms with Gasteiger partial charge in [0.05, 0.1) is 12.7 Å². The molecule has 1 aliphatic rings. The predicted octanol–water partition coefficient (Wildman–Crippen LogP) is 1.16. The standard InChI is InChI=1S/C13H15FN2O3/c1-19-13(18)10-5-9(2-3-11(10)14)16-12(17)4-8-6-15-7-8/h2-3,5,8,15H,4,6-7H2,1H3,(H,16,17). The van der Waals surface area contributed by atoms with Crippen LogP contribution in [-0.2, 0) is 9.53 Å². The molecule has 0 saturated carbocycles. The van der Waals surface area contributed by atoms with Crippen LogP contribution < -0.4 is 10.6 Å². The molecule has 1 amide bonds. The molecule has 0 aliphatic carbocycles. The SMILES string of the molecule is COC(=O)c1cc(NC(=O)CC2CNC2)ccc1F. The number of nitrogens with one attached hydrogen (secondary N) is 2. The Balaban J connectivity index is 2.03. The molecule has 0 bridgehead atoms. The van der Waals surface area contributed by atoms with Crippen LogP contribution in [0.5, 0.6) is 0 Å². The minimum absolute atomic E-state index is 0.145. The molecule has 5 nitrogen and oxygen atoms in total. The molecule has 2 N–H and O–H groups in total. The summed E-state index contributed by atoms with van der Waals surface area (Å²) in [5, 5.41) is 5.73. The maximum atomic E-state index is 13.4. The number of esters is 1. The number of rotatable bonds is 4. The van der Waals surface area contributed by atoms with Gasteiger partial charge in [-0.05, 0) is 37.2 Å². The number of benzene rings is 1. The summed E-state index contributed by atoms with van der Waals surface area (Å²) in [6, 6.07) is 3.82. The van der Waals surface area contributed by atoms with Gasteiger partial charge in [-0.3, -0.25) is 4.79 Å². The lowest BCUT2D eigenvalue weighted by atomic mass is 9.99. The van der Waals surface area contributed by atoms with Crippen LogP contribution in [-0.4, -0.2) is 32.1 Å². The molecule has 1 aliphatic heterocycles. The number of carbonyl (C=O) groups excluding carboxylic acids is 2. The third-order valence-corrected chi connectivity index (χ3v) is 3.00. The van der Waals surface area contributed by atoms with Gasteiger partial charge in [0.2, 0.25) is 5.91 Å². The summed E-state index contributed by atoms with van der Waals surface area (Å²) in [6.07, 6.45) is 0.415. The van der Waals surface area contributed by atoms with Crippen molar-refractivity contribution in [3.63, 3.8) is 0 Å². The first-order valence-electron chi connectivity index (χ1n) is 5.98. The maximum Gasteiger partial charge on any atom is 0.340 e. The number of hydrogen-bond acceptors (Lipinski definition) is 4. The second kappa shape index (κ2) is 5.79.